The second-order valence-corrected chi connectivity index (χ2v) is 7.23. The fraction of sp³-hybridized carbons (Fsp3) is 0.765. The van der Waals surface area contributed by atoms with Crippen molar-refractivity contribution in [2.45, 2.75) is 53.6 Å². The average molecular weight is 341 g/mol. The second-order valence-electron chi connectivity index (χ2n) is 5.94. The van der Waals surface area contributed by atoms with Gasteiger partial charge in [0.25, 0.3) is 0 Å². The Kier molecular flexibility index (Phi) is 9.17. The number of nitrogens with one attached hydrogen (secondary N) is 2. The Bertz CT molecular complexity index is 485. The van der Waals surface area contributed by atoms with Gasteiger partial charge in [0.05, 0.1) is 16.8 Å². The molecular weight excluding hydrogens is 308 g/mol. The molecule has 1 heterocycles. The first-order chi connectivity index (χ1) is 11.0. The minimum atomic E-state index is 0.299. The van der Waals surface area contributed by atoms with Gasteiger partial charge in [-0.15, -0.1) is 11.3 Å². The molecule has 2 N–H and O–H groups in total. The third-order valence-corrected chi connectivity index (χ3v) is 4.85. The Morgan fingerprint density at radius 2 is 1.96 bits per heavy atom. The molecule has 6 heteroatoms. The summed E-state index contributed by atoms with van der Waals surface area (Å²) in [5.74, 6) is 1.38. The number of nitrogens with zero attached hydrogens (tertiary/aromatic N) is 2. The summed E-state index contributed by atoms with van der Waals surface area (Å²) in [6, 6.07) is 0. The Morgan fingerprint density at radius 1 is 1.26 bits per heavy atom. The molecule has 0 aliphatic carbocycles. The van der Waals surface area contributed by atoms with Crippen molar-refractivity contribution in [3.8, 4) is 0 Å². The molecule has 0 saturated carbocycles. The van der Waals surface area contributed by atoms with E-state index in [0.29, 0.717) is 12.0 Å². The molecule has 0 aliphatic rings. The predicted octanol–water partition coefficient (Wildman–Crippen LogP) is 2.92. The van der Waals surface area contributed by atoms with E-state index in [2.05, 4.69) is 48.3 Å². The van der Waals surface area contributed by atoms with Crippen LogP contribution in [-0.2, 0) is 11.2 Å². The van der Waals surface area contributed by atoms with Crippen LogP contribution in [0, 0.1) is 19.8 Å². The van der Waals surface area contributed by atoms with Gasteiger partial charge in [0.2, 0.25) is 0 Å². The van der Waals surface area contributed by atoms with E-state index in [-0.39, 0.29) is 0 Å². The van der Waals surface area contributed by atoms with Gasteiger partial charge in [0, 0.05) is 38.0 Å². The third-order valence-electron chi connectivity index (χ3n) is 3.71. The maximum absolute atomic E-state index is 5.77. The molecule has 1 aromatic rings. The molecule has 0 radical (unpaired) electrons. The molecule has 132 valence electrons. The number of hydrogen-bond donors (Lipinski definition) is 2. The topological polar surface area (TPSA) is 58.5 Å². The van der Waals surface area contributed by atoms with Gasteiger partial charge in [0.15, 0.2) is 5.96 Å². The molecular formula is C17H32N4OS. The highest BCUT2D eigenvalue weighted by Crippen LogP contribution is 2.17. The molecule has 0 aliphatic heterocycles. The van der Waals surface area contributed by atoms with Crippen LogP contribution in [0.5, 0.6) is 0 Å². The van der Waals surface area contributed by atoms with E-state index in [4.69, 9.17) is 4.74 Å². The molecule has 5 nitrogen and oxygen atoms in total. The van der Waals surface area contributed by atoms with Crippen LogP contribution < -0.4 is 10.6 Å². The molecule has 1 aromatic heterocycles. The number of hydrogen-bond acceptors (Lipinski definition) is 4. The van der Waals surface area contributed by atoms with Gasteiger partial charge in [-0.3, -0.25) is 4.99 Å². The summed E-state index contributed by atoms with van der Waals surface area (Å²) in [4.78, 5) is 10.1. The monoisotopic (exact) mass is 340 g/mol. The van der Waals surface area contributed by atoms with Crippen molar-refractivity contribution in [2.24, 2.45) is 10.9 Å². The Balaban J connectivity index is 2.30. The first-order valence-corrected chi connectivity index (χ1v) is 9.28. The highest BCUT2D eigenvalue weighted by Gasteiger charge is 2.13. The van der Waals surface area contributed by atoms with Crippen molar-refractivity contribution >= 4 is 17.3 Å². The first-order valence-electron chi connectivity index (χ1n) is 8.46. The zero-order chi connectivity index (χ0) is 17.2. The van der Waals surface area contributed by atoms with E-state index < -0.39 is 0 Å². The molecule has 0 fully saturated rings. The van der Waals surface area contributed by atoms with Gasteiger partial charge in [0.1, 0.15) is 0 Å². The Morgan fingerprint density at radius 3 is 2.48 bits per heavy atom. The van der Waals surface area contributed by atoms with Crippen molar-refractivity contribution in [3.63, 3.8) is 0 Å². The molecule has 0 aromatic carbocycles. The number of rotatable bonds is 9. The largest absolute Gasteiger partial charge is 0.378 e. The van der Waals surface area contributed by atoms with E-state index >= 15 is 0 Å². The molecule has 0 spiro atoms. The quantitative estimate of drug-likeness (QED) is 0.536. The maximum atomic E-state index is 5.77. The van der Waals surface area contributed by atoms with E-state index in [1.807, 2.05) is 6.92 Å². The first kappa shape index (κ1) is 19.9. The minimum absolute atomic E-state index is 0.299. The predicted molar refractivity (Wildman–Crippen MR) is 99.5 cm³/mol. The van der Waals surface area contributed by atoms with E-state index in [1.54, 1.807) is 18.4 Å². The van der Waals surface area contributed by atoms with Crippen LogP contribution in [0.2, 0.25) is 0 Å². The number of ether oxygens (including phenoxy) is 1. The number of aromatic nitrogens is 1. The van der Waals surface area contributed by atoms with Crippen LogP contribution in [0.4, 0.5) is 0 Å². The highest BCUT2D eigenvalue weighted by molar-refractivity contribution is 7.11. The summed E-state index contributed by atoms with van der Waals surface area (Å²) in [5.41, 5.74) is 1.15. The summed E-state index contributed by atoms with van der Waals surface area (Å²) in [6.07, 6.45) is 2.26. The Hall–Kier alpha value is -1.14. The van der Waals surface area contributed by atoms with Gasteiger partial charge < -0.3 is 15.4 Å². The van der Waals surface area contributed by atoms with Crippen molar-refractivity contribution in [3.05, 3.63) is 15.6 Å². The summed E-state index contributed by atoms with van der Waals surface area (Å²) in [7, 11) is 1.81. The number of aryl methyl sites for hydroxylation is 2. The maximum Gasteiger partial charge on any atom is 0.190 e. The molecule has 0 amide bonds. The van der Waals surface area contributed by atoms with Crippen LogP contribution in [0.15, 0.2) is 4.99 Å². The van der Waals surface area contributed by atoms with Crippen LogP contribution in [0.3, 0.4) is 0 Å². The zero-order valence-electron chi connectivity index (χ0n) is 15.4. The highest BCUT2D eigenvalue weighted by atomic mass is 32.1. The lowest BCUT2D eigenvalue weighted by Crippen LogP contribution is -2.40. The average Bonchev–Trinajstić information content (AvgIpc) is 2.82. The van der Waals surface area contributed by atoms with Crippen molar-refractivity contribution in [1.82, 2.24) is 15.6 Å². The van der Waals surface area contributed by atoms with Gasteiger partial charge >= 0.3 is 0 Å². The Labute approximate surface area is 145 Å². The van der Waals surface area contributed by atoms with Crippen LogP contribution >= 0.6 is 11.3 Å². The van der Waals surface area contributed by atoms with E-state index in [9.17, 15) is 0 Å². The lowest BCUT2D eigenvalue weighted by molar-refractivity contribution is 0.0258. The lowest BCUT2D eigenvalue weighted by Gasteiger charge is -2.21. The zero-order valence-corrected chi connectivity index (χ0v) is 16.2. The SMILES string of the molecule is CCOC(CCNC(=NC)NCCc1sc(C)nc1C)C(C)C. The molecule has 0 bridgehead atoms. The minimum Gasteiger partial charge on any atom is -0.378 e. The van der Waals surface area contributed by atoms with Crippen LogP contribution in [0.25, 0.3) is 0 Å². The fourth-order valence-electron chi connectivity index (χ4n) is 2.48. The third kappa shape index (κ3) is 7.31. The molecule has 0 saturated heterocycles. The van der Waals surface area contributed by atoms with E-state index in [1.165, 1.54) is 4.88 Å². The van der Waals surface area contributed by atoms with Gasteiger partial charge in [-0.1, -0.05) is 13.8 Å². The van der Waals surface area contributed by atoms with Crippen molar-refractivity contribution < 1.29 is 4.74 Å². The van der Waals surface area contributed by atoms with Gasteiger partial charge in [-0.2, -0.15) is 0 Å². The van der Waals surface area contributed by atoms with Gasteiger partial charge in [-0.25, -0.2) is 4.98 Å². The van der Waals surface area contributed by atoms with Crippen LogP contribution in [0.1, 0.15) is 42.8 Å². The lowest BCUT2D eigenvalue weighted by atomic mass is 10.0. The van der Waals surface area contributed by atoms with E-state index in [0.717, 1.165) is 49.2 Å². The summed E-state index contributed by atoms with van der Waals surface area (Å²) in [5, 5.41) is 7.87. The van der Waals surface area contributed by atoms with Crippen molar-refractivity contribution in [2.75, 3.05) is 26.7 Å². The molecule has 23 heavy (non-hydrogen) atoms. The molecule has 1 unspecified atom stereocenters. The second kappa shape index (κ2) is 10.6. The number of thiazole rings is 1. The molecule has 1 rings (SSSR count). The number of aliphatic imine (C=N–C) groups is 1. The van der Waals surface area contributed by atoms with Crippen LogP contribution in [-0.4, -0.2) is 43.8 Å². The standard InChI is InChI=1S/C17H32N4OS/c1-7-22-15(12(2)3)8-10-19-17(18-6)20-11-9-16-13(4)21-14(5)23-16/h12,15H,7-11H2,1-6H3,(H2,18,19,20). The van der Waals surface area contributed by atoms with Gasteiger partial charge in [-0.05, 0) is 33.1 Å². The fourth-order valence-corrected chi connectivity index (χ4v) is 3.41. The normalized spacial score (nSPS) is 13.4. The van der Waals surface area contributed by atoms with Crippen molar-refractivity contribution in [1.29, 1.82) is 0 Å². The summed E-state index contributed by atoms with van der Waals surface area (Å²) < 4.78 is 5.77. The summed E-state index contributed by atoms with van der Waals surface area (Å²) >= 11 is 1.78. The summed E-state index contributed by atoms with van der Waals surface area (Å²) in [6.45, 7) is 13.1. The smallest absolute Gasteiger partial charge is 0.190 e. The number of guanidine groups is 1. The molecule has 1 atom stereocenters.